The minimum Gasteiger partial charge on any atom is -0.491 e. The number of nitrogens with one attached hydrogen (secondary N) is 2. The summed E-state index contributed by atoms with van der Waals surface area (Å²) in [5, 5.41) is 15.2. The minimum absolute atomic E-state index is 0.000735. The van der Waals surface area contributed by atoms with Gasteiger partial charge in [0, 0.05) is 12.6 Å². The van der Waals surface area contributed by atoms with Gasteiger partial charge in [-0.3, -0.25) is 10.1 Å². The van der Waals surface area contributed by atoms with E-state index in [-0.39, 0.29) is 47.2 Å². The zero-order valence-corrected chi connectivity index (χ0v) is 23.2. The third-order valence-electron chi connectivity index (χ3n) is 6.57. The van der Waals surface area contributed by atoms with Crippen molar-refractivity contribution in [1.82, 2.24) is 29.8 Å². The molecule has 0 aliphatic carbocycles. The Hall–Kier alpha value is -5.15. The number of anilines is 1. The fraction of sp³-hybridized carbons (Fsp3) is 0.250. The van der Waals surface area contributed by atoms with E-state index in [1.165, 1.54) is 33.4 Å². The van der Waals surface area contributed by atoms with Gasteiger partial charge in [-0.05, 0) is 70.9 Å². The normalized spacial score (nSPS) is 12.6. The van der Waals surface area contributed by atoms with Crippen LogP contribution in [0.5, 0.6) is 5.75 Å². The minimum atomic E-state index is -4.69. The van der Waals surface area contributed by atoms with E-state index in [1.54, 1.807) is 19.2 Å². The highest BCUT2D eigenvalue weighted by molar-refractivity contribution is 6.03. The number of carbonyl (C=O) groups excluding carboxylic acids is 1. The van der Waals surface area contributed by atoms with Crippen LogP contribution in [0.3, 0.4) is 0 Å². The molecule has 0 atom stereocenters. The van der Waals surface area contributed by atoms with Crippen LogP contribution >= 0.6 is 0 Å². The number of hydrogen-bond donors (Lipinski definition) is 2. The summed E-state index contributed by atoms with van der Waals surface area (Å²) in [6, 6.07) is 12.3. The Morgan fingerprint density at radius 1 is 0.977 bits per heavy atom. The van der Waals surface area contributed by atoms with E-state index in [9.17, 15) is 31.1 Å². The van der Waals surface area contributed by atoms with Gasteiger partial charge in [0.2, 0.25) is 11.6 Å². The molecule has 10 nitrogen and oxygen atoms in total. The number of hydrogen-bond acceptors (Lipinski definition) is 6. The highest BCUT2D eigenvalue weighted by Crippen LogP contribution is 2.37. The standard InChI is InChI=1S/C28H24F6N8O2/c1-3-12-44-22-14-19(28(32,33)34)13-21-23(22)41(2)26(35-20-10-8-18(9-11-20)27(29,30)31)42(21)15-16-4-6-17(7-5-16)24(43)36-25-37-39-40-38-25/h4-11,13-14H,3,12,15H2,1-2H3,(H2,36,37,38,39,40,43)/b35-26-. The molecule has 0 saturated carbocycles. The number of nitrogens with zero attached hydrogens (tertiary/aromatic N) is 6. The van der Waals surface area contributed by atoms with Crippen LogP contribution in [0, 0.1) is 0 Å². The Bertz CT molecular complexity index is 1840. The van der Waals surface area contributed by atoms with Gasteiger partial charge in [0.05, 0.1) is 35.5 Å². The number of fused-ring (bicyclic) bond motifs is 1. The summed E-state index contributed by atoms with van der Waals surface area (Å²) < 4.78 is 90.1. The lowest BCUT2D eigenvalue weighted by molar-refractivity contribution is -0.138. The Balaban J connectivity index is 1.64. The van der Waals surface area contributed by atoms with Gasteiger partial charge in [-0.1, -0.05) is 24.2 Å². The van der Waals surface area contributed by atoms with Crippen LogP contribution in [0.2, 0.25) is 0 Å². The molecule has 0 saturated heterocycles. The fourth-order valence-corrected chi connectivity index (χ4v) is 4.48. The fourth-order valence-electron chi connectivity index (χ4n) is 4.48. The number of carbonyl (C=O) groups is 1. The van der Waals surface area contributed by atoms with Crippen molar-refractivity contribution >= 4 is 28.6 Å². The zero-order valence-electron chi connectivity index (χ0n) is 23.2. The average Bonchev–Trinajstić information content (AvgIpc) is 3.58. The predicted octanol–water partition coefficient (Wildman–Crippen LogP) is 5.85. The second kappa shape index (κ2) is 11.9. The molecule has 2 aromatic heterocycles. The summed E-state index contributed by atoms with van der Waals surface area (Å²) in [6.45, 7) is 1.97. The largest absolute Gasteiger partial charge is 0.491 e. The zero-order chi connectivity index (χ0) is 31.6. The lowest BCUT2D eigenvalue weighted by Crippen LogP contribution is -2.24. The van der Waals surface area contributed by atoms with Crippen LogP contribution in [0.15, 0.2) is 65.7 Å². The Labute approximate surface area is 245 Å². The molecule has 0 spiro atoms. The van der Waals surface area contributed by atoms with Crippen molar-refractivity contribution in [2.45, 2.75) is 32.2 Å². The lowest BCUT2D eigenvalue weighted by atomic mass is 10.1. The molecule has 2 heterocycles. The highest BCUT2D eigenvalue weighted by atomic mass is 19.4. The maximum absolute atomic E-state index is 14.0. The quantitative estimate of drug-likeness (QED) is 0.212. The van der Waals surface area contributed by atoms with Crippen molar-refractivity contribution in [3.63, 3.8) is 0 Å². The summed E-state index contributed by atoms with van der Waals surface area (Å²) in [5.74, 6) is -0.476. The van der Waals surface area contributed by atoms with Gasteiger partial charge in [-0.15, -0.1) is 0 Å². The molecule has 44 heavy (non-hydrogen) atoms. The first-order valence-corrected chi connectivity index (χ1v) is 13.1. The number of benzene rings is 3. The molecule has 2 N–H and O–H groups in total. The first-order valence-electron chi connectivity index (χ1n) is 13.1. The van der Waals surface area contributed by atoms with Gasteiger partial charge in [-0.25, -0.2) is 10.1 Å². The lowest BCUT2D eigenvalue weighted by Gasteiger charge is -2.13. The summed E-state index contributed by atoms with van der Waals surface area (Å²) in [5.41, 5.74) is -0.193. The van der Waals surface area contributed by atoms with Gasteiger partial charge < -0.3 is 13.9 Å². The molecule has 1 amide bonds. The van der Waals surface area contributed by atoms with Crippen molar-refractivity contribution in [3.8, 4) is 5.75 Å². The molecular formula is C28H24F6N8O2. The van der Waals surface area contributed by atoms with E-state index in [1.807, 2.05) is 6.92 Å². The molecule has 0 unspecified atom stereocenters. The first-order chi connectivity index (χ1) is 20.8. The number of H-pyrrole nitrogens is 1. The molecule has 0 radical (unpaired) electrons. The van der Waals surface area contributed by atoms with E-state index in [2.05, 4.69) is 30.9 Å². The number of imidazole rings is 1. The third kappa shape index (κ3) is 6.43. The number of aromatic amines is 1. The van der Waals surface area contributed by atoms with Gasteiger partial charge in [0.1, 0.15) is 11.3 Å². The summed E-state index contributed by atoms with van der Waals surface area (Å²) in [4.78, 5) is 17.1. The number of aryl methyl sites for hydroxylation is 1. The highest BCUT2D eigenvalue weighted by Gasteiger charge is 2.33. The molecule has 16 heteroatoms. The van der Waals surface area contributed by atoms with E-state index < -0.39 is 29.4 Å². The number of halogens is 6. The Morgan fingerprint density at radius 3 is 2.25 bits per heavy atom. The van der Waals surface area contributed by atoms with Crippen LogP contribution in [-0.4, -0.2) is 42.3 Å². The number of tetrazole rings is 1. The van der Waals surface area contributed by atoms with Crippen LogP contribution in [0.25, 0.3) is 11.0 Å². The van der Waals surface area contributed by atoms with Gasteiger partial charge in [-0.2, -0.15) is 26.3 Å². The van der Waals surface area contributed by atoms with Crippen molar-refractivity contribution in [3.05, 3.63) is 88.5 Å². The van der Waals surface area contributed by atoms with Crippen LogP contribution in [0.4, 0.5) is 38.0 Å². The summed E-state index contributed by atoms with van der Waals surface area (Å²) >= 11 is 0. The topological polar surface area (TPSA) is 115 Å². The molecule has 3 aromatic carbocycles. The van der Waals surface area contributed by atoms with Crippen molar-refractivity contribution in [2.75, 3.05) is 11.9 Å². The molecule has 0 aliphatic heterocycles. The molecule has 0 bridgehead atoms. The van der Waals surface area contributed by atoms with E-state index in [0.29, 0.717) is 17.5 Å². The first kappa shape index (κ1) is 30.3. The number of amides is 1. The van der Waals surface area contributed by atoms with Crippen molar-refractivity contribution < 1.29 is 35.9 Å². The molecular weight excluding hydrogens is 594 g/mol. The number of aromatic nitrogens is 6. The van der Waals surface area contributed by atoms with Crippen LogP contribution in [-0.2, 0) is 25.9 Å². The summed E-state index contributed by atoms with van der Waals surface area (Å²) in [7, 11) is 1.58. The maximum atomic E-state index is 14.0. The molecule has 0 aliphatic rings. The van der Waals surface area contributed by atoms with E-state index in [4.69, 9.17) is 4.74 Å². The molecule has 5 aromatic rings. The number of alkyl halides is 6. The smallest absolute Gasteiger partial charge is 0.416 e. The van der Waals surface area contributed by atoms with Crippen molar-refractivity contribution in [2.24, 2.45) is 12.0 Å². The molecule has 5 rings (SSSR count). The molecule has 0 fully saturated rings. The van der Waals surface area contributed by atoms with Crippen LogP contribution < -0.4 is 15.7 Å². The van der Waals surface area contributed by atoms with Gasteiger partial charge in [0.25, 0.3) is 5.91 Å². The SMILES string of the molecule is CCCOc1cc(C(F)(F)F)cc2c1n(C)/c(=N/c1ccc(C(F)(F)F)cc1)n2Cc1ccc(C(=O)Nc2nnn[nH]2)cc1. The Morgan fingerprint density at radius 2 is 1.66 bits per heavy atom. The number of ether oxygens (including phenoxy) is 1. The maximum Gasteiger partial charge on any atom is 0.416 e. The predicted molar refractivity (Wildman–Crippen MR) is 146 cm³/mol. The van der Waals surface area contributed by atoms with Crippen molar-refractivity contribution in [1.29, 1.82) is 0 Å². The van der Waals surface area contributed by atoms with Gasteiger partial charge in [0.15, 0.2) is 0 Å². The Kier molecular flexibility index (Phi) is 8.17. The second-order valence-corrected chi connectivity index (χ2v) is 9.69. The van der Waals surface area contributed by atoms with E-state index in [0.717, 1.165) is 24.3 Å². The van der Waals surface area contributed by atoms with Crippen LogP contribution in [0.1, 0.15) is 40.4 Å². The molecule has 230 valence electrons. The second-order valence-electron chi connectivity index (χ2n) is 9.69. The monoisotopic (exact) mass is 618 g/mol. The average molecular weight is 619 g/mol. The number of rotatable bonds is 8. The third-order valence-corrected chi connectivity index (χ3v) is 6.57. The van der Waals surface area contributed by atoms with E-state index >= 15 is 0 Å². The summed E-state index contributed by atoms with van der Waals surface area (Å²) in [6.07, 6.45) is -8.70. The van der Waals surface area contributed by atoms with Gasteiger partial charge >= 0.3 is 12.4 Å².